The smallest absolute Gasteiger partial charge is 0.192 e. The third-order valence-electron chi connectivity index (χ3n) is 9.11. The maximum atomic E-state index is 11.9. The number of benzene rings is 4. The lowest BCUT2D eigenvalue weighted by molar-refractivity contribution is -0.114. The van der Waals surface area contributed by atoms with Crippen LogP contribution >= 0.6 is 0 Å². The summed E-state index contributed by atoms with van der Waals surface area (Å²) in [5, 5.41) is 11.9. The van der Waals surface area contributed by atoms with Crippen molar-refractivity contribution in [1.29, 1.82) is 0 Å². The minimum absolute atomic E-state index is 0.000180. The number of hydrogen-bond acceptors (Lipinski definition) is 7. The Labute approximate surface area is 281 Å². The van der Waals surface area contributed by atoms with E-state index in [9.17, 15) is 5.11 Å². The molecule has 0 radical (unpaired) electrons. The van der Waals surface area contributed by atoms with Gasteiger partial charge in [-0.15, -0.1) is 0 Å². The maximum absolute atomic E-state index is 11.9. The minimum Gasteiger partial charge on any atom is -0.497 e. The lowest BCUT2D eigenvalue weighted by atomic mass is 9.80. The SMILES string of the molecule is COc1ccc(CO[C@@H](CO[Si](C)(C)C(C)(C)C)[C@@H](O)COC(c2ccccc2)(c2ccc(OC)cc2)c2ccc(OC)cc2)cc1. The van der Waals surface area contributed by atoms with Gasteiger partial charge in [0.2, 0.25) is 0 Å². The van der Waals surface area contributed by atoms with Gasteiger partial charge in [-0.3, -0.25) is 0 Å². The fourth-order valence-electron chi connectivity index (χ4n) is 5.09. The summed E-state index contributed by atoms with van der Waals surface area (Å²) in [5.74, 6) is 2.25. The highest BCUT2D eigenvalue weighted by Crippen LogP contribution is 2.42. The first-order valence-electron chi connectivity index (χ1n) is 16.0. The Morgan fingerprint density at radius 1 is 0.617 bits per heavy atom. The maximum Gasteiger partial charge on any atom is 0.192 e. The third-order valence-corrected chi connectivity index (χ3v) is 13.6. The molecule has 0 saturated heterocycles. The van der Waals surface area contributed by atoms with Crippen molar-refractivity contribution in [2.75, 3.05) is 34.5 Å². The van der Waals surface area contributed by atoms with E-state index < -0.39 is 26.1 Å². The number of rotatable bonds is 16. The average molecular weight is 659 g/mol. The second kappa shape index (κ2) is 16.0. The predicted octanol–water partition coefficient (Wildman–Crippen LogP) is 7.99. The molecule has 0 heterocycles. The quantitative estimate of drug-likeness (QED) is 0.0966. The monoisotopic (exact) mass is 658 g/mol. The zero-order valence-corrected chi connectivity index (χ0v) is 30.0. The van der Waals surface area contributed by atoms with Crippen LogP contribution in [0.5, 0.6) is 17.2 Å². The van der Waals surface area contributed by atoms with Crippen LogP contribution in [0.25, 0.3) is 0 Å². The molecule has 8 heteroatoms. The summed E-state index contributed by atoms with van der Waals surface area (Å²) in [6, 6.07) is 33.4. The van der Waals surface area contributed by atoms with Gasteiger partial charge in [0.05, 0.1) is 41.2 Å². The number of hydrogen-bond donors (Lipinski definition) is 1. The Balaban J connectivity index is 1.70. The Hall–Kier alpha value is -3.66. The molecule has 7 nitrogen and oxygen atoms in total. The molecule has 0 amide bonds. The first-order chi connectivity index (χ1) is 22.4. The molecule has 0 unspecified atom stereocenters. The molecule has 4 aromatic rings. The molecule has 47 heavy (non-hydrogen) atoms. The van der Waals surface area contributed by atoms with E-state index in [0.717, 1.165) is 39.5 Å². The van der Waals surface area contributed by atoms with Crippen LogP contribution in [0.1, 0.15) is 43.0 Å². The van der Waals surface area contributed by atoms with Gasteiger partial charge in [-0.2, -0.15) is 0 Å². The third kappa shape index (κ3) is 8.83. The van der Waals surface area contributed by atoms with Crippen LogP contribution in [0.2, 0.25) is 18.1 Å². The average Bonchev–Trinajstić information content (AvgIpc) is 3.09. The number of ether oxygens (including phenoxy) is 5. The van der Waals surface area contributed by atoms with Crippen LogP contribution in [-0.2, 0) is 26.1 Å². The van der Waals surface area contributed by atoms with E-state index in [-0.39, 0.29) is 18.3 Å². The molecule has 0 bridgehead atoms. The number of aliphatic hydroxyl groups excluding tert-OH is 1. The lowest BCUT2D eigenvalue weighted by Gasteiger charge is -2.39. The Kier molecular flexibility index (Phi) is 12.3. The zero-order chi connectivity index (χ0) is 34.1. The minimum atomic E-state index is -2.14. The molecule has 0 aromatic heterocycles. The van der Waals surface area contributed by atoms with E-state index in [1.807, 2.05) is 103 Å². The van der Waals surface area contributed by atoms with Gasteiger partial charge in [0.25, 0.3) is 0 Å². The Morgan fingerprint density at radius 3 is 1.51 bits per heavy atom. The molecular formula is C39H50O7Si. The van der Waals surface area contributed by atoms with Crippen LogP contribution < -0.4 is 14.2 Å². The first kappa shape index (κ1) is 36.2. The van der Waals surface area contributed by atoms with E-state index >= 15 is 0 Å². The van der Waals surface area contributed by atoms with Crippen LogP contribution in [-0.4, -0.2) is 60.2 Å². The van der Waals surface area contributed by atoms with E-state index in [4.69, 9.17) is 28.1 Å². The van der Waals surface area contributed by atoms with Crippen molar-refractivity contribution in [3.8, 4) is 17.2 Å². The molecule has 252 valence electrons. The van der Waals surface area contributed by atoms with E-state index in [1.54, 1.807) is 21.3 Å². The van der Waals surface area contributed by atoms with E-state index in [2.05, 4.69) is 33.9 Å². The van der Waals surface area contributed by atoms with Crippen LogP contribution in [0.4, 0.5) is 0 Å². The van der Waals surface area contributed by atoms with E-state index in [0.29, 0.717) is 6.61 Å². The van der Waals surface area contributed by atoms with Crippen molar-refractivity contribution >= 4 is 8.32 Å². The molecule has 0 aliphatic heterocycles. The van der Waals surface area contributed by atoms with Gasteiger partial charge in [0.15, 0.2) is 8.32 Å². The molecule has 0 spiro atoms. The van der Waals surface area contributed by atoms with Gasteiger partial charge in [0, 0.05) is 0 Å². The largest absolute Gasteiger partial charge is 0.497 e. The van der Waals surface area contributed by atoms with Crippen molar-refractivity contribution in [2.45, 2.75) is 63.3 Å². The fraction of sp³-hybridized carbons (Fsp3) is 0.385. The second-order valence-electron chi connectivity index (χ2n) is 13.2. The molecule has 1 N–H and O–H groups in total. The van der Waals surface area contributed by atoms with Crippen molar-refractivity contribution in [3.63, 3.8) is 0 Å². The zero-order valence-electron chi connectivity index (χ0n) is 29.0. The number of methoxy groups -OCH3 is 3. The molecule has 0 aliphatic carbocycles. The predicted molar refractivity (Wildman–Crippen MR) is 189 cm³/mol. The molecule has 4 rings (SSSR count). The van der Waals surface area contributed by atoms with Crippen molar-refractivity contribution in [2.24, 2.45) is 0 Å². The highest BCUT2D eigenvalue weighted by molar-refractivity contribution is 6.74. The highest BCUT2D eigenvalue weighted by Gasteiger charge is 2.41. The summed E-state index contributed by atoms with van der Waals surface area (Å²) < 4.78 is 36.2. The summed E-state index contributed by atoms with van der Waals surface area (Å²) in [7, 11) is 2.79. The first-order valence-corrected chi connectivity index (χ1v) is 18.9. The van der Waals surface area contributed by atoms with Crippen LogP contribution in [0.3, 0.4) is 0 Å². The molecule has 0 fully saturated rings. The summed E-state index contributed by atoms with van der Waals surface area (Å²) in [5.41, 5.74) is 2.58. The topological polar surface area (TPSA) is 75.6 Å². The molecular weight excluding hydrogens is 609 g/mol. The van der Waals surface area contributed by atoms with Crippen LogP contribution in [0, 0.1) is 0 Å². The van der Waals surface area contributed by atoms with Gasteiger partial charge < -0.3 is 33.2 Å². The number of aliphatic hydroxyl groups is 1. The van der Waals surface area contributed by atoms with E-state index in [1.165, 1.54) is 0 Å². The van der Waals surface area contributed by atoms with Gasteiger partial charge in [-0.05, 0) is 76.8 Å². The summed E-state index contributed by atoms with van der Waals surface area (Å²) in [6.07, 6.45) is -1.65. The normalized spacial score (nSPS) is 13.6. The van der Waals surface area contributed by atoms with Gasteiger partial charge in [-0.1, -0.05) is 87.5 Å². The summed E-state index contributed by atoms with van der Waals surface area (Å²) in [6.45, 7) is 11.5. The van der Waals surface area contributed by atoms with Gasteiger partial charge in [-0.25, -0.2) is 0 Å². The molecule has 4 aromatic carbocycles. The van der Waals surface area contributed by atoms with Gasteiger partial charge >= 0.3 is 0 Å². The fourth-order valence-corrected chi connectivity index (χ4v) is 6.11. The second-order valence-corrected chi connectivity index (χ2v) is 18.0. The molecule has 0 saturated carbocycles. The summed E-state index contributed by atoms with van der Waals surface area (Å²) in [4.78, 5) is 0. The van der Waals surface area contributed by atoms with Crippen molar-refractivity contribution in [3.05, 3.63) is 125 Å². The van der Waals surface area contributed by atoms with Gasteiger partial charge in [0.1, 0.15) is 35.1 Å². The molecule has 0 aliphatic rings. The highest BCUT2D eigenvalue weighted by atomic mass is 28.4. The Morgan fingerprint density at radius 2 is 1.06 bits per heavy atom. The summed E-state index contributed by atoms with van der Waals surface area (Å²) >= 11 is 0. The van der Waals surface area contributed by atoms with Crippen LogP contribution in [0.15, 0.2) is 103 Å². The van der Waals surface area contributed by atoms with Crippen molar-refractivity contribution < 1.29 is 33.2 Å². The lowest BCUT2D eigenvalue weighted by Crippen LogP contribution is -2.46. The van der Waals surface area contributed by atoms with Crippen molar-refractivity contribution in [1.82, 2.24) is 0 Å². The Bertz CT molecular complexity index is 1450. The molecule has 2 atom stereocenters. The standard InChI is InChI=1S/C39H50O7Si/c1-38(2,3)47(7,8)46-28-37(44-26-29-14-20-33(41-4)21-15-29)36(40)27-45-39(30-12-10-9-11-13-30,31-16-22-34(42-5)23-17-31)32-18-24-35(43-6)25-19-32/h9-25,36-37,40H,26-28H2,1-8H3/t36-,37-/m0/s1.